The minimum atomic E-state index is -3.14. The minimum absolute atomic E-state index is 0.0192. The summed E-state index contributed by atoms with van der Waals surface area (Å²) in [7, 11) is -3.14. The number of rotatable bonds is 4. The molecular weight excluding hydrogens is 298 g/mol. The van der Waals surface area contributed by atoms with E-state index in [1.165, 1.54) is 6.26 Å². The summed E-state index contributed by atoms with van der Waals surface area (Å²) in [5, 5.41) is 0. The maximum Gasteiger partial charge on any atom is 0.151 e. The highest BCUT2D eigenvalue weighted by atomic mass is 32.2. The van der Waals surface area contributed by atoms with Gasteiger partial charge in [0, 0.05) is 31.0 Å². The van der Waals surface area contributed by atoms with E-state index in [2.05, 4.69) is 9.97 Å². The third kappa shape index (κ3) is 3.23. The van der Waals surface area contributed by atoms with Crippen LogP contribution in [0.2, 0.25) is 0 Å². The Labute approximate surface area is 129 Å². The molecule has 0 saturated carbocycles. The maximum absolute atomic E-state index is 11.7. The highest BCUT2D eigenvalue weighted by Gasteiger charge is 2.12. The summed E-state index contributed by atoms with van der Waals surface area (Å²) < 4.78 is 25.3. The molecule has 22 heavy (non-hydrogen) atoms. The van der Waals surface area contributed by atoms with Crippen LogP contribution in [0.4, 0.5) is 0 Å². The molecule has 0 spiro atoms. The summed E-state index contributed by atoms with van der Waals surface area (Å²) in [5.74, 6) is -0.0192. The van der Waals surface area contributed by atoms with Crippen LogP contribution in [0.1, 0.15) is 5.56 Å². The van der Waals surface area contributed by atoms with Crippen molar-refractivity contribution in [2.45, 2.75) is 5.75 Å². The molecule has 0 N–H and O–H groups in total. The average molecular weight is 313 g/mol. The molecule has 0 saturated heterocycles. The van der Waals surface area contributed by atoms with E-state index < -0.39 is 9.84 Å². The molecule has 0 unspecified atom stereocenters. The normalized spacial score (nSPS) is 11.5. The van der Waals surface area contributed by atoms with Gasteiger partial charge in [-0.2, -0.15) is 0 Å². The first kappa shape index (κ1) is 14.5. The van der Waals surface area contributed by atoms with Crippen LogP contribution in [0, 0.1) is 0 Å². The lowest BCUT2D eigenvalue weighted by atomic mass is 10.0. The molecule has 3 aromatic rings. The van der Waals surface area contributed by atoms with E-state index in [4.69, 9.17) is 0 Å². The summed E-state index contributed by atoms with van der Waals surface area (Å²) >= 11 is 0. The maximum atomic E-state index is 11.7. The third-order valence-corrected chi connectivity index (χ3v) is 4.11. The van der Waals surface area contributed by atoms with Gasteiger partial charge in [0.05, 0.1) is 17.8 Å². The zero-order valence-electron chi connectivity index (χ0n) is 12.0. The topological polar surface area (TPSA) is 64.8 Å². The SMILES string of the molecule is CS(=O)(=O)Cc1cc(-c2cccnc2)ccc1-n1ccnc1. The second-order valence-electron chi connectivity index (χ2n) is 5.13. The summed E-state index contributed by atoms with van der Waals surface area (Å²) in [5.41, 5.74) is 3.45. The Bertz CT molecular complexity index is 873. The van der Waals surface area contributed by atoms with Gasteiger partial charge >= 0.3 is 0 Å². The van der Waals surface area contributed by atoms with Gasteiger partial charge in [0.2, 0.25) is 0 Å². The van der Waals surface area contributed by atoms with Crippen molar-refractivity contribution in [2.75, 3.05) is 6.26 Å². The molecule has 3 rings (SSSR count). The van der Waals surface area contributed by atoms with Crippen molar-refractivity contribution in [2.24, 2.45) is 0 Å². The van der Waals surface area contributed by atoms with Crippen LogP contribution in [0.25, 0.3) is 16.8 Å². The Balaban J connectivity index is 2.13. The molecule has 5 nitrogen and oxygen atoms in total. The van der Waals surface area contributed by atoms with Crippen LogP contribution >= 0.6 is 0 Å². The van der Waals surface area contributed by atoms with Crippen molar-refractivity contribution >= 4 is 9.84 Å². The summed E-state index contributed by atoms with van der Waals surface area (Å²) in [6.45, 7) is 0. The molecule has 0 aliphatic heterocycles. The highest BCUT2D eigenvalue weighted by molar-refractivity contribution is 7.89. The molecule has 0 bridgehead atoms. The number of pyridine rings is 1. The number of nitrogens with zero attached hydrogens (tertiary/aromatic N) is 3. The fraction of sp³-hybridized carbons (Fsp3) is 0.125. The molecule has 0 aliphatic rings. The van der Waals surface area contributed by atoms with E-state index in [9.17, 15) is 8.42 Å². The molecule has 0 fully saturated rings. The van der Waals surface area contributed by atoms with Gasteiger partial charge in [0.1, 0.15) is 0 Å². The Kier molecular flexibility index (Phi) is 3.77. The van der Waals surface area contributed by atoms with E-state index in [-0.39, 0.29) is 5.75 Å². The van der Waals surface area contributed by atoms with Crippen LogP contribution < -0.4 is 0 Å². The lowest BCUT2D eigenvalue weighted by Gasteiger charge is -2.12. The fourth-order valence-electron chi connectivity index (χ4n) is 2.35. The first-order valence-corrected chi connectivity index (χ1v) is 8.78. The molecular formula is C16H15N3O2S. The number of hydrogen-bond donors (Lipinski definition) is 0. The fourth-order valence-corrected chi connectivity index (χ4v) is 3.15. The summed E-state index contributed by atoms with van der Waals surface area (Å²) in [6.07, 6.45) is 9.83. The van der Waals surface area contributed by atoms with Gasteiger partial charge in [-0.15, -0.1) is 0 Å². The van der Waals surface area contributed by atoms with Gasteiger partial charge in [0.25, 0.3) is 0 Å². The molecule has 112 valence electrons. The van der Waals surface area contributed by atoms with Crippen LogP contribution in [0.15, 0.2) is 61.4 Å². The molecule has 1 aromatic carbocycles. The predicted octanol–water partition coefficient (Wildman–Crippen LogP) is 2.48. The Morgan fingerprint density at radius 1 is 1.09 bits per heavy atom. The zero-order valence-corrected chi connectivity index (χ0v) is 12.9. The largest absolute Gasteiger partial charge is 0.306 e. The molecule has 2 heterocycles. The van der Waals surface area contributed by atoms with E-state index >= 15 is 0 Å². The van der Waals surface area contributed by atoms with E-state index in [0.29, 0.717) is 0 Å². The number of hydrogen-bond acceptors (Lipinski definition) is 4. The van der Waals surface area contributed by atoms with Gasteiger partial charge in [-0.3, -0.25) is 4.98 Å². The predicted molar refractivity (Wildman–Crippen MR) is 85.3 cm³/mol. The van der Waals surface area contributed by atoms with Crippen molar-refractivity contribution in [1.29, 1.82) is 0 Å². The zero-order chi connectivity index (χ0) is 15.6. The van der Waals surface area contributed by atoms with Crippen molar-refractivity contribution in [3.8, 4) is 16.8 Å². The standard InChI is InChI=1S/C16H15N3O2S/c1-22(20,21)11-15-9-13(14-3-2-6-17-10-14)4-5-16(15)19-8-7-18-12-19/h2-10,12H,11H2,1H3. The monoisotopic (exact) mass is 313 g/mol. The van der Waals surface area contributed by atoms with Crippen molar-refractivity contribution in [3.63, 3.8) is 0 Å². The molecule has 0 aliphatic carbocycles. The smallest absolute Gasteiger partial charge is 0.151 e. The van der Waals surface area contributed by atoms with E-state index in [1.54, 1.807) is 31.1 Å². The molecule has 0 radical (unpaired) electrons. The van der Waals surface area contributed by atoms with Crippen LogP contribution in [-0.2, 0) is 15.6 Å². The molecule has 6 heteroatoms. The second kappa shape index (κ2) is 5.73. The van der Waals surface area contributed by atoms with E-state index in [0.717, 1.165) is 22.4 Å². The van der Waals surface area contributed by atoms with Crippen molar-refractivity contribution in [3.05, 3.63) is 67.0 Å². The summed E-state index contributed by atoms with van der Waals surface area (Å²) in [4.78, 5) is 8.12. The minimum Gasteiger partial charge on any atom is -0.306 e. The first-order valence-electron chi connectivity index (χ1n) is 6.72. The third-order valence-electron chi connectivity index (χ3n) is 3.27. The van der Waals surface area contributed by atoms with Crippen LogP contribution in [0.3, 0.4) is 0 Å². The quantitative estimate of drug-likeness (QED) is 0.742. The number of aromatic nitrogens is 3. The number of sulfone groups is 1. The van der Waals surface area contributed by atoms with Gasteiger partial charge in [0.15, 0.2) is 9.84 Å². The Morgan fingerprint density at radius 3 is 2.59 bits per heavy atom. The molecule has 0 amide bonds. The molecule has 0 atom stereocenters. The van der Waals surface area contributed by atoms with Gasteiger partial charge in [-0.05, 0) is 34.9 Å². The van der Waals surface area contributed by atoms with Crippen molar-refractivity contribution in [1.82, 2.24) is 14.5 Å². The Morgan fingerprint density at radius 2 is 1.95 bits per heavy atom. The van der Waals surface area contributed by atoms with Crippen LogP contribution in [0.5, 0.6) is 0 Å². The summed E-state index contributed by atoms with van der Waals surface area (Å²) in [6, 6.07) is 9.56. The van der Waals surface area contributed by atoms with Crippen molar-refractivity contribution < 1.29 is 8.42 Å². The Hall–Kier alpha value is -2.47. The number of benzene rings is 1. The lowest BCUT2D eigenvalue weighted by molar-refractivity contribution is 0.601. The second-order valence-corrected chi connectivity index (χ2v) is 7.27. The highest BCUT2D eigenvalue weighted by Crippen LogP contribution is 2.25. The average Bonchev–Trinajstić information content (AvgIpc) is 3.00. The van der Waals surface area contributed by atoms with Gasteiger partial charge < -0.3 is 4.57 Å². The van der Waals surface area contributed by atoms with Gasteiger partial charge in [-0.25, -0.2) is 13.4 Å². The first-order chi connectivity index (χ1) is 10.5. The van der Waals surface area contributed by atoms with E-state index in [1.807, 2.05) is 34.9 Å². The van der Waals surface area contributed by atoms with Crippen LogP contribution in [-0.4, -0.2) is 29.2 Å². The lowest BCUT2D eigenvalue weighted by Crippen LogP contribution is -2.05. The number of imidazole rings is 1. The van der Waals surface area contributed by atoms with Gasteiger partial charge in [-0.1, -0.05) is 12.1 Å². The molecule has 2 aromatic heterocycles.